The van der Waals surface area contributed by atoms with Gasteiger partial charge >= 0.3 is 5.97 Å². The summed E-state index contributed by atoms with van der Waals surface area (Å²) in [6.45, 7) is 0. The van der Waals surface area contributed by atoms with E-state index >= 15 is 0 Å². The van der Waals surface area contributed by atoms with Gasteiger partial charge in [0.15, 0.2) is 5.70 Å². The molecule has 7 heteroatoms. The standard InChI is InChI=1S/C16H7BrCl2FNO2/c17-9-1-4-13(20)8(5-9)6-14-16(22)23-15(21-14)11-3-2-10(18)7-12(11)19/h1-7H. The molecule has 0 aromatic heterocycles. The zero-order valence-corrected chi connectivity index (χ0v) is 14.4. The maximum atomic E-state index is 13.8. The molecule has 1 aliphatic heterocycles. The lowest BCUT2D eigenvalue weighted by Crippen LogP contribution is -2.06. The van der Waals surface area contributed by atoms with Crippen molar-refractivity contribution in [3.8, 4) is 0 Å². The van der Waals surface area contributed by atoms with E-state index in [0.29, 0.717) is 20.1 Å². The van der Waals surface area contributed by atoms with Gasteiger partial charge in [0.25, 0.3) is 0 Å². The predicted octanol–water partition coefficient (Wildman–Crippen LogP) is 5.24. The van der Waals surface area contributed by atoms with Crippen LogP contribution in [0, 0.1) is 5.82 Å². The predicted molar refractivity (Wildman–Crippen MR) is 91.2 cm³/mol. The number of carbonyl (C=O) groups is 1. The lowest BCUT2D eigenvalue weighted by Gasteiger charge is -2.02. The second-order valence-electron chi connectivity index (χ2n) is 4.63. The molecule has 0 aliphatic carbocycles. The van der Waals surface area contributed by atoms with Crippen molar-refractivity contribution < 1.29 is 13.9 Å². The van der Waals surface area contributed by atoms with Crippen molar-refractivity contribution in [1.82, 2.24) is 0 Å². The average Bonchev–Trinajstić information content (AvgIpc) is 2.84. The highest BCUT2D eigenvalue weighted by molar-refractivity contribution is 9.10. The highest BCUT2D eigenvalue weighted by Gasteiger charge is 2.26. The van der Waals surface area contributed by atoms with Crippen LogP contribution in [0.4, 0.5) is 4.39 Å². The van der Waals surface area contributed by atoms with E-state index < -0.39 is 11.8 Å². The van der Waals surface area contributed by atoms with Gasteiger partial charge < -0.3 is 4.74 Å². The molecule has 116 valence electrons. The molecule has 2 aromatic rings. The van der Waals surface area contributed by atoms with Gasteiger partial charge in [-0.25, -0.2) is 14.2 Å². The van der Waals surface area contributed by atoms with Gasteiger partial charge in [0.05, 0.1) is 10.6 Å². The first-order valence-electron chi connectivity index (χ1n) is 6.37. The van der Waals surface area contributed by atoms with Crippen molar-refractivity contribution in [2.75, 3.05) is 0 Å². The summed E-state index contributed by atoms with van der Waals surface area (Å²) in [5.41, 5.74) is 0.643. The van der Waals surface area contributed by atoms with Crippen LogP contribution in [-0.4, -0.2) is 11.9 Å². The lowest BCUT2D eigenvalue weighted by atomic mass is 10.2. The smallest absolute Gasteiger partial charge is 0.363 e. The van der Waals surface area contributed by atoms with E-state index in [2.05, 4.69) is 20.9 Å². The number of ether oxygens (including phenoxy) is 1. The molecule has 1 aliphatic rings. The van der Waals surface area contributed by atoms with Crippen LogP contribution < -0.4 is 0 Å². The number of aliphatic imine (C=N–C) groups is 1. The minimum Gasteiger partial charge on any atom is -0.402 e. The zero-order valence-electron chi connectivity index (χ0n) is 11.3. The van der Waals surface area contributed by atoms with Crippen LogP contribution in [-0.2, 0) is 9.53 Å². The Balaban J connectivity index is 2.01. The fourth-order valence-corrected chi connectivity index (χ4v) is 2.83. The molecule has 0 saturated carbocycles. The van der Waals surface area contributed by atoms with Crippen LogP contribution in [0.25, 0.3) is 6.08 Å². The average molecular weight is 415 g/mol. The monoisotopic (exact) mass is 413 g/mol. The molecular weight excluding hydrogens is 408 g/mol. The van der Waals surface area contributed by atoms with Gasteiger partial charge in [-0.3, -0.25) is 0 Å². The van der Waals surface area contributed by atoms with E-state index in [4.69, 9.17) is 27.9 Å². The highest BCUT2D eigenvalue weighted by atomic mass is 79.9. The quantitative estimate of drug-likeness (QED) is 0.497. The second kappa shape index (κ2) is 6.43. The molecule has 3 rings (SSSR count). The molecular formula is C16H7BrCl2FNO2. The lowest BCUT2D eigenvalue weighted by molar-refractivity contribution is -0.129. The van der Waals surface area contributed by atoms with Crippen LogP contribution in [0.1, 0.15) is 11.1 Å². The molecule has 0 amide bonds. The number of hydrogen-bond acceptors (Lipinski definition) is 3. The third-order valence-electron chi connectivity index (χ3n) is 3.03. The Hall–Kier alpha value is -1.69. The van der Waals surface area contributed by atoms with Crippen molar-refractivity contribution in [2.24, 2.45) is 4.99 Å². The van der Waals surface area contributed by atoms with Gasteiger partial charge in [-0.1, -0.05) is 39.1 Å². The Morgan fingerprint density at radius 1 is 1.17 bits per heavy atom. The molecule has 0 unspecified atom stereocenters. The van der Waals surface area contributed by atoms with Crippen LogP contribution in [0.5, 0.6) is 0 Å². The number of cyclic esters (lactones) is 1. The Morgan fingerprint density at radius 3 is 2.70 bits per heavy atom. The normalized spacial score (nSPS) is 15.7. The summed E-state index contributed by atoms with van der Waals surface area (Å²) in [7, 11) is 0. The molecule has 23 heavy (non-hydrogen) atoms. The van der Waals surface area contributed by atoms with Gasteiger partial charge in [-0.15, -0.1) is 0 Å². The molecule has 0 saturated heterocycles. The molecule has 0 fully saturated rings. The summed E-state index contributed by atoms with van der Waals surface area (Å²) >= 11 is 15.1. The van der Waals surface area contributed by atoms with Gasteiger partial charge in [-0.2, -0.15) is 0 Å². The molecule has 0 N–H and O–H groups in total. The Morgan fingerprint density at radius 2 is 1.96 bits per heavy atom. The van der Waals surface area contributed by atoms with E-state index in [1.54, 1.807) is 24.3 Å². The molecule has 1 heterocycles. The Bertz CT molecular complexity index is 880. The summed E-state index contributed by atoms with van der Waals surface area (Å²) < 4.78 is 19.6. The number of nitrogens with zero attached hydrogens (tertiary/aromatic N) is 1. The molecule has 0 bridgehead atoms. The molecule has 3 nitrogen and oxygen atoms in total. The van der Waals surface area contributed by atoms with E-state index in [1.165, 1.54) is 18.2 Å². The van der Waals surface area contributed by atoms with Crippen molar-refractivity contribution >= 4 is 57.1 Å². The first kappa shape index (κ1) is 16.2. The van der Waals surface area contributed by atoms with E-state index in [1.807, 2.05) is 0 Å². The zero-order chi connectivity index (χ0) is 16.6. The van der Waals surface area contributed by atoms with Gasteiger partial charge in [-0.05, 0) is 42.5 Å². The Kier molecular flexibility index (Phi) is 4.53. The van der Waals surface area contributed by atoms with Crippen molar-refractivity contribution in [3.63, 3.8) is 0 Å². The van der Waals surface area contributed by atoms with Gasteiger partial charge in [0.1, 0.15) is 5.82 Å². The molecule has 0 atom stereocenters. The number of rotatable bonds is 2. The van der Waals surface area contributed by atoms with Gasteiger partial charge in [0, 0.05) is 15.1 Å². The number of carbonyl (C=O) groups excluding carboxylic acids is 1. The Labute approximate surface area is 149 Å². The first-order valence-corrected chi connectivity index (χ1v) is 7.92. The van der Waals surface area contributed by atoms with E-state index in [-0.39, 0.29) is 17.2 Å². The molecule has 0 spiro atoms. The second-order valence-corrected chi connectivity index (χ2v) is 6.39. The van der Waals surface area contributed by atoms with Crippen LogP contribution >= 0.6 is 39.1 Å². The third kappa shape index (κ3) is 3.47. The van der Waals surface area contributed by atoms with Crippen LogP contribution in [0.2, 0.25) is 10.0 Å². The minimum atomic E-state index is -0.676. The minimum absolute atomic E-state index is 0.0111. The fourth-order valence-electron chi connectivity index (χ4n) is 1.96. The number of benzene rings is 2. The highest BCUT2D eigenvalue weighted by Crippen LogP contribution is 2.27. The van der Waals surface area contributed by atoms with Crippen molar-refractivity contribution in [1.29, 1.82) is 0 Å². The summed E-state index contributed by atoms with van der Waals surface area (Å²) in [5.74, 6) is -1.09. The number of hydrogen-bond donors (Lipinski definition) is 0. The number of halogens is 4. The summed E-state index contributed by atoms with van der Waals surface area (Å²) in [5, 5.41) is 0.759. The molecule has 2 aromatic carbocycles. The third-order valence-corrected chi connectivity index (χ3v) is 4.07. The summed E-state index contributed by atoms with van der Waals surface area (Å²) in [6.07, 6.45) is 1.32. The van der Waals surface area contributed by atoms with Crippen LogP contribution in [0.3, 0.4) is 0 Å². The van der Waals surface area contributed by atoms with Crippen LogP contribution in [0.15, 0.2) is 51.6 Å². The maximum absolute atomic E-state index is 13.8. The SMILES string of the molecule is O=C1OC(c2ccc(Cl)cc2Cl)=NC1=Cc1cc(Br)ccc1F. The van der Waals surface area contributed by atoms with Crippen molar-refractivity contribution in [2.45, 2.75) is 0 Å². The largest absolute Gasteiger partial charge is 0.402 e. The first-order chi connectivity index (χ1) is 10.9. The van der Waals surface area contributed by atoms with Crippen molar-refractivity contribution in [3.05, 3.63) is 73.6 Å². The van der Waals surface area contributed by atoms with Gasteiger partial charge in [0.2, 0.25) is 5.90 Å². The number of esters is 1. The van der Waals surface area contributed by atoms with E-state index in [0.717, 1.165) is 0 Å². The summed E-state index contributed by atoms with van der Waals surface area (Å²) in [6, 6.07) is 9.11. The topological polar surface area (TPSA) is 38.7 Å². The molecule has 0 radical (unpaired) electrons. The fraction of sp³-hybridized carbons (Fsp3) is 0. The summed E-state index contributed by atoms with van der Waals surface area (Å²) in [4.78, 5) is 16.0. The van der Waals surface area contributed by atoms with E-state index in [9.17, 15) is 9.18 Å². The maximum Gasteiger partial charge on any atom is 0.363 e.